The van der Waals surface area contributed by atoms with Gasteiger partial charge in [-0.2, -0.15) is 0 Å². The Bertz CT molecular complexity index is 1350. The first kappa shape index (κ1) is 25.3. The molecule has 2 aliphatic rings. The Labute approximate surface area is 221 Å². The molecule has 8 heteroatoms. The van der Waals surface area contributed by atoms with Gasteiger partial charge in [0.05, 0.1) is 18.2 Å². The predicted molar refractivity (Wildman–Crippen MR) is 141 cm³/mol. The number of likely N-dealkylation sites (tertiary alicyclic amines) is 1. The van der Waals surface area contributed by atoms with Gasteiger partial charge in [0.15, 0.2) is 11.5 Å². The maximum atomic E-state index is 13.4. The van der Waals surface area contributed by atoms with Gasteiger partial charge in [0.2, 0.25) is 0 Å². The van der Waals surface area contributed by atoms with Gasteiger partial charge in [-0.25, -0.2) is 0 Å². The number of aliphatic hydroxyl groups excluding tert-OH is 1. The minimum Gasteiger partial charge on any atom is -0.507 e. The topological polar surface area (TPSA) is 98.2 Å². The lowest BCUT2D eigenvalue weighted by Crippen LogP contribution is -2.29. The third kappa shape index (κ3) is 5.20. The zero-order valence-electron chi connectivity index (χ0n) is 21.3. The van der Waals surface area contributed by atoms with Crippen LogP contribution in [0.5, 0.6) is 17.2 Å². The van der Waals surface area contributed by atoms with Crippen LogP contribution in [0.15, 0.2) is 72.6 Å². The van der Waals surface area contributed by atoms with Crippen molar-refractivity contribution in [1.29, 1.82) is 0 Å². The number of hydrogen-bond acceptors (Lipinski definition) is 7. The number of unbranched alkanes of at least 4 members (excludes halogenated alkanes) is 2. The van der Waals surface area contributed by atoms with Crippen LogP contribution in [0.25, 0.3) is 5.76 Å². The molecule has 0 spiro atoms. The van der Waals surface area contributed by atoms with E-state index in [-0.39, 0.29) is 17.9 Å². The molecule has 0 saturated carbocycles. The van der Waals surface area contributed by atoms with Gasteiger partial charge in [-0.05, 0) is 53.9 Å². The van der Waals surface area contributed by atoms with E-state index in [1.807, 2.05) is 30.3 Å². The fourth-order valence-corrected chi connectivity index (χ4v) is 4.74. The number of amides is 1. The highest BCUT2D eigenvalue weighted by Crippen LogP contribution is 2.42. The summed E-state index contributed by atoms with van der Waals surface area (Å²) in [5, 5.41) is 11.4. The molecule has 38 heavy (non-hydrogen) atoms. The molecule has 1 amide bonds. The minimum absolute atomic E-state index is 0.0127. The van der Waals surface area contributed by atoms with Gasteiger partial charge >= 0.3 is 0 Å². The summed E-state index contributed by atoms with van der Waals surface area (Å²) in [4.78, 5) is 32.4. The SMILES string of the molecule is CCCCCOc1cccc([C@H]2/C(=C(\O)c3ccc4c(c3)OCCO4)C(=O)C(=O)N2Cc2cccnc2)c1. The van der Waals surface area contributed by atoms with Gasteiger partial charge in [0, 0.05) is 24.5 Å². The Balaban J connectivity index is 1.56. The number of aliphatic hydroxyl groups is 1. The van der Waals surface area contributed by atoms with E-state index in [0.717, 1.165) is 24.8 Å². The number of Topliss-reactive ketones (excluding diaryl/α,β-unsaturated/α-hetero) is 1. The molecule has 1 N–H and O–H groups in total. The fraction of sp³-hybridized carbons (Fsp3) is 0.300. The molecule has 196 valence electrons. The fourth-order valence-electron chi connectivity index (χ4n) is 4.74. The second-order valence-corrected chi connectivity index (χ2v) is 9.27. The first-order valence-corrected chi connectivity index (χ1v) is 12.9. The molecule has 1 saturated heterocycles. The van der Waals surface area contributed by atoms with Crippen LogP contribution in [0.4, 0.5) is 0 Å². The lowest BCUT2D eigenvalue weighted by Gasteiger charge is -2.26. The first-order chi connectivity index (χ1) is 18.6. The lowest BCUT2D eigenvalue weighted by molar-refractivity contribution is -0.140. The van der Waals surface area contributed by atoms with E-state index in [4.69, 9.17) is 14.2 Å². The van der Waals surface area contributed by atoms with E-state index in [2.05, 4.69) is 11.9 Å². The van der Waals surface area contributed by atoms with Crippen molar-refractivity contribution in [3.63, 3.8) is 0 Å². The highest BCUT2D eigenvalue weighted by molar-refractivity contribution is 6.46. The monoisotopic (exact) mass is 514 g/mol. The van der Waals surface area contributed by atoms with Crippen molar-refractivity contribution in [2.24, 2.45) is 0 Å². The van der Waals surface area contributed by atoms with E-state index in [9.17, 15) is 14.7 Å². The van der Waals surface area contributed by atoms with Crippen molar-refractivity contribution >= 4 is 17.4 Å². The number of rotatable bonds is 9. The van der Waals surface area contributed by atoms with Crippen LogP contribution in [-0.4, -0.2) is 46.5 Å². The number of carbonyl (C=O) groups excluding carboxylic acids is 2. The summed E-state index contributed by atoms with van der Waals surface area (Å²) in [5.74, 6) is -0.0239. The average molecular weight is 515 g/mol. The predicted octanol–water partition coefficient (Wildman–Crippen LogP) is 5.04. The molecular weight excluding hydrogens is 484 g/mol. The van der Waals surface area contributed by atoms with Gasteiger partial charge in [-0.3, -0.25) is 14.6 Å². The van der Waals surface area contributed by atoms with E-state index < -0.39 is 17.7 Å². The molecule has 1 aromatic heterocycles. The van der Waals surface area contributed by atoms with Crippen LogP contribution in [0.2, 0.25) is 0 Å². The molecule has 0 unspecified atom stereocenters. The standard InChI is InChI=1S/C30H30N2O6/c1-2-3-4-13-36-23-9-5-8-21(16-23)27-26(28(33)22-10-11-24-25(17-22)38-15-14-37-24)29(34)30(35)32(27)19-20-7-6-12-31-18-20/h5-12,16-18,27,33H,2-4,13-15,19H2,1H3/b28-26+/t27-/m0/s1. The average Bonchev–Trinajstić information content (AvgIpc) is 3.20. The number of nitrogens with zero attached hydrogens (tertiary/aromatic N) is 2. The van der Waals surface area contributed by atoms with Gasteiger partial charge in [0.25, 0.3) is 11.7 Å². The summed E-state index contributed by atoms with van der Waals surface area (Å²) in [5.41, 5.74) is 1.81. The van der Waals surface area contributed by atoms with Crippen LogP contribution >= 0.6 is 0 Å². The summed E-state index contributed by atoms with van der Waals surface area (Å²) < 4.78 is 17.2. The van der Waals surface area contributed by atoms with Crippen molar-refractivity contribution in [2.45, 2.75) is 38.8 Å². The van der Waals surface area contributed by atoms with E-state index in [1.54, 1.807) is 36.7 Å². The molecule has 1 fully saturated rings. The Kier molecular flexibility index (Phi) is 7.58. The van der Waals surface area contributed by atoms with Crippen molar-refractivity contribution in [1.82, 2.24) is 9.88 Å². The van der Waals surface area contributed by atoms with Gasteiger partial charge < -0.3 is 24.2 Å². The lowest BCUT2D eigenvalue weighted by atomic mass is 9.95. The van der Waals surface area contributed by atoms with E-state index in [0.29, 0.717) is 48.2 Å². The zero-order valence-corrected chi connectivity index (χ0v) is 21.3. The van der Waals surface area contributed by atoms with Crippen molar-refractivity contribution in [3.8, 4) is 17.2 Å². The first-order valence-electron chi connectivity index (χ1n) is 12.9. The molecule has 0 radical (unpaired) electrons. The summed E-state index contributed by atoms with van der Waals surface area (Å²) in [6.07, 6.45) is 6.40. The second kappa shape index (κ2) is 11.4. The quantitative estimate of drug-likeness (QED) is 0.185. The highest BCUT2D eigenvalue weighted by atomic mass is 16.6. The van der Waals surface area contributed by atoms with Gasteiger partial charge in [0.1, 0.15) is 24.7 Å². The molecule has 2 aliphatic heterocycles. The molecule has 1 atom stereocenters. The minimum atomic E-state index is -0.817. The number of ether oxygens (including phenoxy) is 3. The van der Waals surface area contributed by atoms with Crippen LogP contribution in [0.3, 0.4) is 0 Å². The van der Waals surface area contributed by atoms with E-state index >= 15 is 0 Å². The summed E-state index contributed by atoms with van der Waals surface area (Å²) in [6, 6.07) is 15.1. The maximum absolute atomic E-state index is 13.4. The zero-order chi connectivity index (χ0) is 26.5. The number of aromatic nitrogens is 1. The summed E-state index contributed by atoms with van der Waals surface area (Å²) in [6.45, 7) is 3.69. The molecular formula is C30H30N2O6. The number of fused-ring (bicyclic) bond motifs is 1. The summed E-state index contributed by atoms with van der Waals surface area (Å²) in [7, 11) is 0. The van der Waals surface area contributed by atoms with Crippen molar-refractivity contribution in [3.05, 3.63) is 89.3 Å². The third-order valence-electron chi connectivity index (χ3n) is 6.62. The Morgan fingerprint density at radius 1 is 1.05 bits per heavy atom. The Morgan fingerprint density at radius 3 is 2.68 bits per heavy atom. The highest BCUT2D eigenvalue weighted by Gasteiger charge is 2.46. The summed E-state index contributed by atoms with van der Waals surface area (Å²) >= 11 is 0. The molecule has 2 aromatic carbocycles. The maximum Gasteiger partial charge on any atom is 0.295 e. The molecule has 3 aromatic rings. The van der Waals surface area contributed by atoms with Crippen LogP contribution in [0, 0.1) is 0 Å². The van der Waals surface area contributed by atoms with Crippen molar-refractivity contribution < 1.29 is 28.9 Å². The molecule has 0 bridgehead atoms. The number of carbonyl (C=O) groups is 2. The van der Waals surface area contributed by atoms with Crippen LogP contribution in [0.1, 0.15) is 48.9 Å². The third-order valence-corrected chi connectivity index (χ3v) is 6.62. The van der Waals surface area contributed by atoms with E-state index in [1.165, 1.54) is 4.90 Å². The van der Waals surface area contributed by atoms with Gasteiger partial charge in [-0.15, -0.1) is 0 Å². The normalized spacial score (nSPS) is 18.0. The van der Waals surface area contributed by atoms with Crippen LogP contribution in [-0.2, 0) is 16.1 Å². The van der Waals surface area contributed by atoms with Gasteiger partial charge in [-0.1, -0.05) is 38.0 Å². The Hall–Kier alpha value is -4.33. The molecule has 8 nitrogen and oxygen atoms in total. The largest absolute Gasteiger partial charge is 0.507 e. The number of hydrogen-bond donors (Lipinski definition) is 1. The number of pyridine rings is 1. The van der Waals surface area contributed by atoms with Crippen molar-refractivity contribution in [2.75, 3.05) is 19.8 Å². The second-order valence-electron chi connectivity index (χ2n) is 9.27. The number of benzene rings is 2. The Morgan fingerprint density at radius 2 is 1.89 bits per heavy atom. The van der Waals surface area contributed by atoms with Crippen LogP contribution < -0.4 is 14.2 Å². The number of ketones is 1. The molecule has 0 aliphatic carbocycles. The molecule has 3 heterocycles. The smallest absolute Gasteiger partial charge is 0.295 e. The molecule has 5 rings (SSSR count).